The Morgan fingerprint density at radius 3 is 2.06 bits per heavy atom. The van der Waals surface area contributed by atoms with Gasteiger partial charge in [-0.15, -0.1) is 0 Å². The molecule has 17 heavy (non-hydrogen) atoms. The summed E-state index contributed by atoms with van der Waals surface area (Å²) in [7, 11) is 1.58. The zero-order valence-electron chi connectivity index (χ0n) is 11.1. The van der Waals surface area contributed by atoms with Gasteiger partial charge in [0, 0.05) is 33.1 Å². The van der Waals surface area contributed by atoms with Crippen molar-refractivity contribution in [2.24, 2.45) is 0 Å². The van der Waals surface area contributed by atoms with E-state index in [-0.39, 0.29) is 5.91 Å². The number of hydrogen-bond donors (Lipinski definition) is 1. The van der Waals surface area contributed by atoms with Gasteiger partial charge < -0.3 is 14.9 Å². The van der Waals surface area contributed by atoms with Crippen LogP contribution in [0.15, 0.2) is 0 Å². The van der Waals surface area contributed by atoms with E-state index in [2.05, 4.69) is 18.7 Å². The van der Waals surface area contributed by atoms with Gasteiger partial charge in [-0.25, -0.2) is 4.79 Å². The molecule has 1 saturated heterocycles. The van der Waals surface area contributed by atoms with Gasteiger partial charge in [-0.2, -0.15) is 0 Å². The summed E-state index contributed by atoms with van der Waals surface area (Å²) < 4.78 is 0. The number of likely N-dealkylation sites (N-methyl/N-ethyl adjacent to an activating group) is 1. The number of hydrogen-bond acceptors (Lipinski definition) is 3. The first-order valence-corrected chi connectivity index (χ1v) is 6.03. The van der Waals surface area contributed by atoms with Crippen molar-refractivity contribution in [1.82, 2.24) is 9.80 Å². The summed E-state index contributed by atoms with van der Waals surface area (Å²) in [4.78, 5) is 26.5. The van der Waals surface area contributed by atoms with E-state index in [1.54, 1.807) is 7.05 Å². The summed E-state index contributed by atoms with van der Waals surface area (Å²) in [5.74, 6) is -1.08. The molecule has 98 valence electrons. The molecule has 1 amide bonds. The Hall–Kier alpha value is -1.10. The van der Waals surface area contributed by atoms with Crippen molar-refractivity contribution in [3.8, 4) is 0 Å². The zero-order valence-corrected chi connectivity index (χ0v) is 11.1. The lowest BCUT2D eigenvalue weighted by molar-refractivity contribution is -0.161. The highest BCUT2D eigenvalue weighted by Gasteiger charge is 2.46. The Kier molecular flexibility index (Phi) is 4.14. The maximum Gasteiger partial charge on any atom is 0.329 e. The summed E-state index contributed by atoms with van der Waals surface area (Å²) in [5.41, 5.74) is -1.02. The number of aliphatic carboxylic acids is 1. The van der Waals surface area contributed by atoms with Crippen LogP contribution in [0.4, 0.5) is 0 Å². The Balaban J connectivity index is 2.84. The van der Waals surface area contributed by atoms with Gasteiger partial charge in [0.25, 0.3) is 0 Å². The van der Waals surface area contributed by atoms with Crippen LogP contribution in [0.2, 0.25) is 0 Å². The number of nitrogens with zero attached hydrogens (tertiary/aromatic N) is 2. The van der Waals surface area contributed by atoms with Crippen LogP contribution >= 0.6 is 0 Å². The van der Waals surface area contributed by atoms with E-state index < -0.39 is 11.5 Å². The molecule has 0 unspecified atom stereocenters. The van der Waals surface area contributed by atoms with E-state index in [1.807, 2.05) is 0 Å². The van der Waals surface area contributed by atoms with Crippen LogP contribution in [0.25, 0.3) is 0 Å². The summed E-state index contributed by atoms with van der Waals surface area (Å²) in [6.45, 7) is 7.06. The first-order valence-electron chi connectivity index (χ1n) is 6.03. The van der Waals surface area contributed by atoms with Gasteiger partial charge in [-0.3, -0.25) is 4.79 Å². The average molecular weight is 242 g/mol. The molecule has 0 aliphatic carbocycles. The van der Waals surface area contributed by atoms with Crippen LogP contribution < -0.4 is 0 Å². The van der Waals surface area contributed by atoms with Gasteiger partial charge in [0.15, 0.2) is 0 Å². The van der Waals surface area contributed by atoms with E-state index in [0.717, 1.165) is 13.1 Å². The van der Waals surface area contributed by atoms with Crippen LogP contribution in [-0.2, 0) is 9.59 Å². The smallest absolute Gasteiger partial charge is 0.329 e. The highest BCUT2D eigenvalue weighted by Crippen LogP contribution is 2.29. The van der Waals surface area contributed by atoms with Crippen molar-refractivity contribution < 1.29 is 14.7 Å². The first kappa shape index (κ1) is 14.0. The standard InChI is InChI=1S/C12H22N2O3/c1-9(2)14-7-5-12(6-8-14,11(16)17)13(4)10(3)15/h9H,5-8H2,1-4H3,(H,16,17). The predicted octanol–water partition coefficient (Wildman–Crippen LogP) is 0.792. The first-order chi connectivity index (χ1) is 7.81. The Morgan fingerprint density at radius 1 is 1.29 bits per heavy atom. The third-order valence-electron chi connectivity index (χ3n) is 3.87. The molecule has 0 spiro atoms. The second kappa shape index (κ2) is 5.04. The molecule has 0 aromatic rings. The van der Waals surface area contributed by atoms with E-state index >= 15 is 0 Å². The summed E-state index contributed by atoms with van der Waals surface area (Å²) in [6.07, 6.45) is 0.993. The SMILES string of the molecule is CC(=O)N(C)C1(C(=O)O)CCN(C(C)C)CC1. The summed E-state index contributed by atoms with van der Waals surface area (Å²) in [5, 5.41) is 9.42. The molecule has 1 heterocycles. The molecule has 0 atom stereocenters. The fourth-order valence-electron chi connectivity index (χ4n) is 2.40. The normalized spacial score (nSPS) is 20.3. The fourth-order valence-corrected chi connectivity index (χ4v) is 2.40. The second-order valence-electron chi connectivity index (χ2n) is 5.04. The lowest BCUT2D eigenvalue weighted by Crippen LogP contribution is -2.60. The van der Waals surface area contributed by atoms with Crippen LogP contribution in [0.5, 0.6) is 0 Å². The van der Waals surface area contributed by atoms with Gasteiger partial charge in [0.05, 0.1) is 0 Å². The Bertz CT molecular complexity index is 307. The van der Waals surface area contributed by atoms with Crippen LogP contribution in [0, 0.1) is 0 Å². The van der Waals surface area contributed by atoms with Gasteiger partial charge in [-0.05, 0) is 26.7 Å². The number of amides is 1. The minimum absolute atomic E-state index is 0.189. The lowest BCUT2D eigenvalue weighted by atomic mass is 9.85. The van der Waals surface area contributed by atoms with Crippen LogP contribution in [-0.4, -0.2) is 58.5 Å². The number of rotatable bonds is 3. The van der Waals surface area contributed by atoms with Crippen molar-refractivity contribution in [3.63, 3.8) is 0 Å². The van der Waals surface area contributed by atoms with E-state index in [4.69, 9.17) is 0 Å². The van der Waals surface area contributed by atoms with Crippen molar-refractivity contribution in [2.45, 2.75) is 45.2 Å². The molecule has 0 radical (unpaired) electrons. The molecule has 0 aromatic carbocycles. The molecule has 5 heteroatoms. The Morgan fingerprint density at radius 2 is 1.76 bits per heavy atom. The minimum Gasteiger partial charge on any atom is -0.479 e. The van der Waals surface area contributed by atoms with Gasteiger partial charge in [-0.1, -0.05) is 0 Å². The maximum atomic E-state index is 11.5. The third-order valence-corrected chi connectivity index (χ3v) is 3.87. The largest absolute Gasteiger partial charge is 0.479 e. The highest BCUT2D eigenvalue weighted by molar-refractivity contribution is 5.86. The number of carbonyl (C=O) groups is 2. The van der Waals surface area contributed by atoms with Gasteiger partial charge >= 0.3 is 5.97 Å². The van der Waals surface area contributed by atoms with Crippen LogP contribution in [0.3, 0.4) is 0 Å². The molecule has 1 fully saturated rings. The molecule has 5 nitrogen and oxygen atoms in total. The quantitative estimate of drug-likeness (QED) is 0.795. The van der Waals surface area contributed by atoms with E-state index in [0.29, 0.717) is 18.9 Å². The number of carbonyl (C=O) groups excluding carboxylic acids is 1. The summed E-state index contributed by atoms with van der Waals surface area (Å²) in [6, 6.07) is 0.421. The lowest BCUT2D eigenvalue weighted by Gasteiger charge is -2.45. The number of likely N-dealkylation sites (tertiary alicyclic amines) is 1. The van der Waals surface area contributed by atoms with E-state index in [1.165, 1.54) is 11.8 Å². The molecule has 0 aromatic heterocycles. The molecular weight excluding hydrogens is 220 g/mol. The molecule has 1 aliphatic heterocycles. The monoisotopic (exact) mass is 242 g/mol. The summed E-state index contributed by atoms with van der Waals surface area (Å²) >= 11 is 0. The Labute approximate surface area is 102 Å². The molecule has 1 N–H and O–H groups in total. The molecule has 0 saturated carbocycles. The van der Waals surface area contributed by atoms with Gasteiger partial charge in [0.2, 0.25) is 5.91 Å². The van der Waals surface area contributed by atoms with E-state index in [9.17, 15) is 14.7 Å². The second-order valence-corrected chi connectivity index (χ2v) is 5.04. The zero-order chi connectivity index (χ0) is 13.2. The minimum atomic E-state index is -1.02. The van der Waals surface area contributed by atoms with Crippen molar-refractivity contribution in [2.75, 3.05) is 20.1 Å². The molecule has 1 rings (SSSR count). The number of carboxylic acids is 1. The molecular formula is C12H22N2O3. The molecule has 1 aliphatic rings. The average Bonchev–Trinajstić information content (AvgIpc) is 2.27. The predicted molar refractivity (Wildman–Crippen MR) is 64.8 cm³/mol. The van der Waals surface area contributed by atoms with Crippen molar-refractivity contribution in [1.29, 1.82) is 0 Å². The van der Waals surface area contributed by atoms with Crippen LogP contribution in [0.1, 0.15) is 33.6 Å². The fraction of sp³-hybridized carbons (Fsp3) is 0.833. The molecule has 0 bridgehead atoms. The third kappa shape index (κ3) is 2.60. The van der Waals surface area contributed by atoms with Crippen molar-refractivity contribution >= 4 is 11.9 Å². The topological polar surface area (TPSA) is 60.9 Å². The maximum absolute atomic E-state index is 11.5. The highest BCUT2D eigenvalue weighted by atomic mass is 16.4. The number of carboxylic acid groups (broad SMARTS) is 1. The van der Waals surface area contributed by atoms with Gasteiger partial charge in [0.1, 0.15) is 5.54 Å². The number of piperidine rings is 1. The van der Waals surface area contributed by atoms with Crippen molar-refractivity contribution in [3.05, 3.63) is 0 Å².